The standard InChI is InChI=1S/C14H17N3O2/c1-3-17-13(12(15)10(2)16-17)14(18)19-9-11-7-5-4-6-8-11/h4-8H,3,9,15H2,1-2H3. The number of benzene rings is 1. The van der Waals surface area contributed by atoms with Gasteiger partial charge in [-0.2, -0.15) is 5.10 Å². The van der Waals surface area contributed by atoms with Crippen molar-refractivity contribution in [3.8, 4) is 0 Å². The molecule has 0 aliphatic carbocycles. The maximum absolute atomic E-state index is 12.1. The van der Waals surface area contributed by atoms with Crippen LogP contribution in [0.3, 0.4) is 0 Å². The molecular formula is C14H17N3O2. The molecule has 0 fully saturated rings. The van der Waals surface area contributed by atoms with Crippen LogP contribution in [0.1, 0.15) is 28.7 Å². The number of aromatic nitrogens is 2. The Kier molecular flexibility index (Phi) is 3.85. The Morgan fingerprint density at radius 2 is 2.05 bits per heavy atom. The quantitative estimate of drug-likeness (QED) is 0.854. The van der Waals surface area contributed by atoms with Crippen molar-refractivity contribution >= 4 is 11.7 Å². The van der Waals surface area contributed by atoms with Crippen molar-refractivity contribution in [1.29, 1.82) is 0 Å². The summed E-state index contributed by atoms with van der Waals surface area (Å²) in [5.41, 5.74) is 8.17. The maximum Gasteiger partial charge on any atom is 0.359 e. The van der Waals surface area contributed by atoms with E-state index in [0.717, 1.165) is 5.56 Å². The average molecular weight is 259 g/mol. The molecule has 2 rings (SSSR count). The molecule has 0 unspecified atom stereocenters. The van der Waals surface area contributed by atoms with Crippen molar-refractivity contribution < 1.29 is 9.53 Å². The lowest BCUT2D eigenvalue weighted by molar-refractivity contribution is 0.0459. The summed E-state index contributed by atoms with van der Waals surface area (Å²) >= 11 is 0. The summed E-state index contributed by atoms with van der Waals surface area (Å²) in [5, 5.41) is 4.20. The fourth-order valence-corrected chi connectivity index (χ4v) is 1.83. The monoisotopic (exact) mass is 259 g/mol. The molecule has 5 heteroatoms. The van der Waals surface area contributed by atoms with Crippen molar-refractivity contribution in [2.75, 3.05) is 5.73 Å². The number of anilines is 1. The first-order valence-electron chi connectivity index (χ1n) is 6.17. The van der Waals surface area contributed by atoms with E-state index in [1.165, 1.54) is 0 Å². The van der Waals surface area contributed by atoms with Crippen LogP contribution in [-0.2, 0) is 17.9 Å². The zero-order valence-electron chi connectivity index (χ0n) is 11.1. The third kappa shape index (κ3) is 2.76. The van der Waals surface area contributed by atoms with Crippen LogP contribution in [0.15, 0.2) is 30.3 Å². The Morgan fingerprint density at radius 3 is 2.68 bits per heavy atom. The average Bonchev–Trinajstić information content (AvgIpc) is 2.73. The predicted octanol–water partition coefficient (Wildman–Crippen LogP) is 2.15. The Hall–Kier alpha value is -2.30. The van der Waals surface area contributed by atoms with Crippen LogP contribution >= 0.6 is 0 Å². The number of hydrogen-bond acceptors (Lipinski definition) is 4. The lowest BCUT2D eigenvalue weighted by atomic mass is 10.2. The minimum Gasteiger partial charge on any atom is -0.456 e. The van der Waals surface area contributed by atoms with Gasteiger partial charge in [0.2, 0.25) is 0 Å². The number of carbonyl (C=O) groups excluding carboxylic acids is 1. The molecule has 0 atom stereocenters. The first kappa shape index (κ1) is 13.1. The van der Waals surface area contributed by atoms with Gasteiger partial charge in [0, 0.05) is 6.54 Å². The third-order valence-corrected chi connectivity index (χ3v) is 2.88. The lowest BCUT2D eigenvalue weighted by Gasteiger charge is -2.07. The van der Waals surface area contributed by atoms with E-state index in [1.807, 2.05) is 37.3 Å². The van der Waals surface area contributed by atoms with Gasteiger partial charge in [-0.3, -0.25) is 4.68 Å². The van der Waals surface area contributed by atoms with Crippen LogP contribution in [-0.4, -0.2) is 15.7 Å². The highest BCUT2D eigenvalue weighted by molar-refractivity contribution is 5.93. The van der Waals surface area contributed by atoms with Gasteiger partial charge in [-0.25, -0.2) is 4.79 Å². The molecule has 0 saturated heterocycles. The number of carbonyl (C=O) groups is 1. The van der Waals surface area contributed by atoms with Crippen molar-refractivity contribution in [2.24, 2.45) is 0 Å². The van der Waals surface area contributed by atoms with Gasteiger partial charge in [-0.05, 0) is 19.4 Å². The van der Waals surface area contributed by atoms with E-state index in [2.05, 4.69) is 5.10 Å². The molecule has 5 nitrogen and oxygen atoms in total. The number of ether oxygens (including phenoxy) is 1. The molecule has 19 heavy (non-hydrogen) atoms. The van der Waals surface area contributed by atoms with Crippen LogP contribution in [0.25, 0.3) is 0 Å². The van der Waals surface area contributed by atoms with Crippen molar-refractivity contribution in [3.05, 3.63) is 47.3 Å². The van der Waals surface area contributed by atoms with Gasteiger partial charge in [0.15, 0.2) is 5.69 Å². The Balaban J connectivity index is 2.12. The molecular weight excluding hydrogens is 242 g/mol. The molecule has 1 aromatic carbocycles. The van der Waals surface area contributed by atoms with Gasteiger partial charge in [0.05, 0.1) is 11.4 Å². The highest BCUT2D eigenvalue weighted by atomic mass is 16.5. The van der Waals surface area contributed by atoms with Crippen LogP contribution in [0.5, 0.6) is 0 Å². The molecule has 0 aliphatic rings. The molecule has 0 aliphatic heterocycles. The number of nitrogen functional groups attached to an aromatic ring is 1. The second-order valence-electron chi connectivity index (χ2n) is 4.23. The van der Waals surface area contributed by atoms with E-state index in [0.29, 0.717) is 23.6 Å². The van der Waals surface area contributed by atoms with Gasteiger partial charge in [-0.15, -0.1) is 0 Å². The van der Waals surface area contributed by atoms with Crippen LogP contribution in [0.2, 0.25) is 0 Å². The molecule has 1 aromatic heterocycles. The largest absolute Gasteiger partial charge is 0.456 e. The molecule has 2 N–H and O–H groups in total. The highest BCUT2D eigenvalue weighted by Gasteiger charge is 2.20. The normalized spacial score (nSPS) is 10.4. The van der Waals surface area contributed by atoms with Crippen LogP contribution < -0.4 is 5.73 Å². The van der Waals surface area contributed by atoms with E-state index in [-0.39, 0.29) is 6.61 Å². The van der Waals surface area contributed by atoms with Gasteiger partial charge >= 0.3 is 5.97 Å². The van der Waals surface area contributed by atoms with E-state index < -0.39 is 5.97 Å². The SMILES string of the molecule is CCn1nc(C)c(N)c1C(=O)OCc1ccccc1. The fourth-order valence-electron chi connectivity index (χ4n) is 1.83. The first-order valence-corrected chi connectivity index (χ1v) is 6.17. The Bertz CT molecular complexity index is 576. The van der Waals surface area contributed by atoms with Gasteiger partial charge in [-0.1, -0.05) is 30.3 Å². The summed E-state index contributed by atoms with van der Waals surface area (Å²) in [6.45, 7) is 4.48. The number of nitrogens with zero attached hydrogens (tertiary/aromatic N) is 2. The van der Waals surface area contributed by atoms with Crippen molar-refractivity contribution in [3.63, 3.8) is 0 Å². The second kappa shape index (κ2) is 5.56. The zero-order chi connectivity index (χ0) is 13.8. The fraction of sp³-hybridized carbons (Fsp3) is 0.286. The molecule has 0 bridgehead atoms. The second-order valence-corrected chi connectivity index (χ2v) is 4.23. The summed E-state index contributed by atoms with van der Waals surface area (Å²) in [4.78, 5) is 12.1. The van der Waals surface area contributed by atoms with E-state index in [1.54, 1.807) is 11.6 Å². The van der Waals surface area contributed by atoms with Gasteiger partial charge in [0.1, 0.15) is 6.61 Å². The topological polar surface area (TPSA) is 70.1 Å². The molecule has 0 amide bonds. The Morgan fingerprint density at radius 1 is 1.37 bits per heavy atom. The molecule has 1 heterocycles. The number of esters is 1. The van der Waals surface area contributed by atoms with Gasteiger partial charge < -0.3 is 10.5 Å². The summed E-state index contributed by atoms with van der Waals surface area (Å²) in [6.07, 6.45) is 0. The van der Waals surface area contributed by atoms with E-state index in [9.17, 15) is 4.79 Å². The first-order chi connectivity index (χ1) is 9.13. The molecule has 2 aromatic rings. The molecule has 100 valence electrons. The van der Waals surface area contributed by atoms with E-state index in [4.69, 9.17) is 10.5 Å². The summed E-state index contributed by atoms with van der Waals surface area (Å²) in [6, 6.07) is 9.52. The van der Waals surface area contributed by atoms with Crippen LogP contribution in [0, 0.1) is 6.92 Å². The predicted molar refractivity (Wildman–Crippen MR) is 72.6 cm³/mol. The minimum atomic E-state index is -0.441. The van der Waals surface area contributed by atoms with Gasteiger partial charge in [0.25, 0.3) is 0 Å². The third-order valence-electron chi connectivity index (χ3n) is 2.88. The smallest absolute Gasteiger partial charge is 0.359 e. The molecule has 0 spiro atoms. The highest BCUT2D eigenvalue weighted by Crippen LogP contribution is 2.18. The van der Waals surface area contributed by atoms with Crippen molar-refractivity contribution in [2.45, 2.75) is 27.0 Å². The van der Waals surface area contributed by atoms with Crippen LogP contribution in [0.4, 0.5) is 5.69 Å². The van der Waals surface area contributed by atoms with Crippen molar-refractivity contribution in [1.82, 2.24) is 9.78 Å². The molecule has 0 radical (unpaired) electrons. The minimum absolute atomic E-state index is 0.229. The van der Waals surface area contributed by atoms with E-state index >= 15 is 0 Å². The zero-order valence-corrected chi connectivity index (χ0v) is 11.1. The number of nitrogens with two attached hydrogens (primary N) is 1. The summed E-state index contributed by atoms with van der Waals surface area (Å²) in [7, 11) is 0. The summed E-state index contributed by atoms with van der Waals surface area (Å²) < 4.78 is 6.84. The Labute approximate surface area is 112 Å². The molecule has 0 saturated carbocycles. The number of aryl methyl sites for hydroxylation is 2. The number of rotatable bonds is 4. The maximum atomic E-state index is 12.1. The number of hydrogen-bond donors (Lipinski definition) is 1. The summed E-state index contributed by atoms with van der Waals surface area (Å²) in [5.74, 6) is -0.441. The lowest BCUT2D eigenvalue weighted by Crippen LogP contribution is -2.14.